The summed E-state index contributed by atoms with van der Waals surface area (Å²) in [7, 11) is 5.52. The highest BCUT2D eigenvalue weighted by Crippen LogP contribution is 2.63. The second-order valence-electron chi connectivity index (χ2n) is 18.1. The van der Waals surface area contributed by atoms with Crippen molar-refractivity contribution >= 4 is 52.5 Å². The molecule has 2 aliphatic carbocycles. The number of hydrogen-bond donors (Lipinski definition) is 2. The number of amides is 3. The van der Waals surface area contributed by atoms with Crippen LogP contribution in [0.2, 0.25) is 10.0 Å². The predicted molar refractivity (Wildman–Crippen MR) is 228 cm³/mol. The van der Waals surface area contributed by atoms with E-state index >= 15 is 0 Å². The van der Waals surface area contributed by atoms with E-state index in [1.54, 1.807) is 40.8 Å². The van der Waals surface area contributed by atoms with Crippen molar-refractivity contribution in [1.82, 2.24) is 28.9 Å². The van der Waals surface area contributed by atoms with Gasteiger partial charge in [0.15, 0.2) is 11.6 Å². The fourth-order valence-corrected chi connectivity index (χ4v) is 10.5. The first-order valence-corrected chi connectivity index (χ1v) is 21.3. The highest BCUT2D eigenvalue weighted by atomic mass is 35.5. The Morgan fingerprint density at radius 3 is 1.85 bits per heavy atom. The first-order chi connectivity index (χ1) is 28.1. The van der Waals surface area contributed by atoms with Crippen LogP contribution < -0.4 is 10.6 Å². The molecule has 2 fully saturated rings. The molecule has 13 nitrogen and oxygen atoms in total. The van der Waals surface area contributed by atoms with E-state index in [0.717, 1.165) is 49.7 Å². The molecule has 2 aliphatic heterocycles. The Bertz CT molecular complexity index is 2300. The maximum absolute atomic E-state index is 13.8. The zero-order chi connectivity index (χ0) is 41.9. The van der Waals surface area contributed by atoms with E-state index in [2.05, 4.69) is 20.5 Å². The van der Waals surface area contributed by atoms with Gasteiger partial charge in [0.1, 0.15) is 5.60 Å². The average molecular weight is 846 g/mol. The van der Waals surface area contributed by atoms with Gasteiger partial charge in [-0.05, 0) is 88.8 Å². The molecule has 2 bridgehead atoms. The van der Waals surface area contributed by atoms with Gasteiger partial charge in [0.25, 0.3) is 11.8 Å². The number of nitrogens with one attached hydrogen (secondary N) is 2. The summed E-state index contributed by atoms with van der Waals surface area (Å²) in [5, 5.41) is 6.49. The van der Waals surface area contributed by atoms with Gasteiger partial charge in [0, 0.05) is 76.2 Å². The number of halogens is 2. The van der Waals surface area contributed by atoms with Crippen LogP contribution in [-0.2, 0) is 49.5 Å². The molecule has 2 aromatic heterocycles. The minimum Gasteiger partial charge on any atom is -0.444 e. The van der Waals surface area contributed by atoms with Gasteiger partial charge in [0.2, 0.25) is 0 Å². The van der Waals surface area contributed by atoms with Crippen LogP contribution in [0, 0.1) is 10.8 Å². The van der Waals surface area contributed by atoms with Crippen LogP contribution in [0.4, 0.5) is 16.2 Å². The Balaban J connectivity index is 0.928. The number of carbonyl (C=O) groups excluding carboxylic acids is 3. The molecule has 2 saturated carbocycles. The van der Waals surface area contributed by atoms with Crippen molar-refractivity contribution in [2.75, 3.05) is 44.0 Å². The second kappa shape index (κ2) is 15.9. The van der Waals surface area contributed by atoms with Crippen molar-refractivity contribution in [2.45, 2.75) is 90.8 Å². The second-order valence-corrected chi connectivity index (χ2v) is 18.8. The molecule has 15 heteroatoms. The van der Waals surface area contributed by atoms with Crippen molar-refractivity contribution in [3.63, 3.8) is 0 Å². The van der Waals surface area contributed by atoms with E-state index in [-0.39, 0.29) is 23.3 Å². The number of anilines is 2. The van der Waals surface area contributed by atoms with E-state index in [4.69, 9.17) is 37.7 Å². The summed E-state index contributed by atoms with van der Waals surface area (Å²) in [6.07, 6.45) is 8.60. The third-order valence-electron chi connectivity index (χ3n) is 13.0. The van der Waals surface area contributed by atoms with Gasteiger partial charge >= 0.3 is 6.09 Å². The van der Waals surface area contributed by atoms with E-state index in [9.17, 15) is 14.4 Å². The van der Waals surface area contributed by atoms with Crippen LogP contribution >= 0.6 is 23.2 Å². The normalized spacial score (nSPS) is 21.3. The molecule has 59 heavy (non-hydrogen) atoms. The summed E-state index contributed by atoms with van der Waals surface area (Å²) < 4.78 is 14.8. The molecule has 8 rings (SSSR count). The molecule has 0 radical (unpaired) electrons. The molecule has 4 heterocycles. The van der Waals surface area contributed by atoms with E-state index in [1.165, 1.54) is 38.5 Å². The summed E-state index contributed by atoms with van der Waals surface area (Å²) in [6.45, 7) is 9.77. The standard InChI is InChI=1S/C44H54Cl2N8O5/c1-42(2,3)59-41(57)54-21-14-34-32(24-54)48-38(52(34)5)40(56)50-30-12-8-10-28(36(30)46)27-9-7-11-29(35(27)45)49-39(55)37-47-31-23-53(20-13-33(31)51(37)4)22-19-43-15-17-44(25-43,18-16-43)26-58-6/h7-12H,13-26H2,1-6H3,(H,49,55)(H,50,56). The average Bonchev–Trinajstić information content (AvgIpc) is 3.94. The van der Waals surface area contributed by atoms with Crippen molar-refractivity contribution in [3.8, 4) is 11.1 Å². The predicted octanol–water partition coefficient (Wildman–Crippen LogP) is 8.27. The van der Waals surface area contributed by atoms with Crippen LogP contribution in [0.25, 0.3) is 11.1 Å². The van der Waals surface area contributed by atoms with Gasteiger partial charge in [-0.25, -0.2) is 14.8 Å². The molecule has 0 atom stereocenters. The number of carbonyl (C=O) groups is 3. The van der Waals surface area contributed by atoms with Gasteiger partial charge in [-0.3, -0.25) is 14.5 Å². The van der Waals surface area contributed by atoms with Crippen LogP contribution in [0.3, 0.4) is 0 Å². The van der Waals surface area contributed by atoms with Crippen molar-refractivity contribution < 1.29 is 23.9 Å². The van der Waals surface area contributed by atoms with Gasteiger partial charge in [-0.15, -0.1) is 0 Å². The first-order valence-electron chi connectivity index (χ1n) is 20.6. The lowest BCUT2D eigenvalue weighted by Gasteiger charge is -2.32. The molecule has 0 saturated heterocycles. The quantitative estimate of drug-likeness (QED) is 0.163. The summed E-state index contributed by atoms with van der Waals surface area (Å²) in [5.74, 6) is -0.268. The SMILES string of the molecule is COCC12CCC(CCN3CCc4c(nc(C(=O)Nc5cccc(-c6cccc(NC(=O)c7nc8c(n7C)CCN(C(=O)OC(C)(C)C)C8)c6Cl)c5Cl)n4C)C3)(CC1)C2. The number of benzene rings is 2. The van der Waals surface area contributed by atoms with Crippen molar-refractivity contribution in [3.05, 3.63) is 80.9 Å². The summed E-state index contributed by atoms with van der Waals surface area (Å²) in [4.78, 5) is 53.7. The molecule has 4 aromatic rings. The number of imidazole rings is 2. The number of ether oxygens (including phenoxy) is 2. The monoisotopic (exact) mass is 844 g/mol. The lowest BCUT2D eigenvalue weighted by Crippen LogP contribution is -2.40. The molecule has 314 valence electrons. The van der Waals surface area contributed by atoms with Crippen LogP contribution in [0.15, 0.2) is 36.4 Å². The summed E-state index contributed by atoms with van der Waals surface area (Å²) >= 11 is 14.0. The Morgan fingerprint density at radius 1 is 0.780 bits per heavy atom. The topological polar surface area (TPSA) is 136 Å². The molecular formula is C44H54Cl2N8O5. The van der Waals surface area contributed by atoms with E-state index in [0.29, 0.717) is 62.8 Å². The zero-order valence-electron chi connectivity index (χ0n) is 34.8. The van der Waals surface area contributed by atoms with Crippen molar-refractivity contribution in [2.24, 2.45) is 24.9 Å². The Morgan fingerprint density at radius 2 is 1.31 bits per heavy atom. The lowest BCUT2D eigenvalue weighted by molar-refractivity contribution is 0.0220. The third kappa shape index (κ3) is 8.11. The smallest absolute Gasteiger partial charge is 0.410 e. The molecule has 2 N–H and O–H groups in total. The first kappa shape index (κ1) is 41.3. The fourth-order valence-electron chi connectivity index (χ4n) is 9.91. The number of nitrogens with zero attached hydrogens (tertiary/aromatic N) is 6. The minimum absolute atomic E-state index is 0.195. The number of rotatable bonds is 10. The summed E-state index contributed by atoms with van der Waals surface area (Å²) in [6, 6.07) is 10.6. The number of methoxy groups -OCH3 is 1. The number of aromatic nitrogens is 4. The maximum Gasteiger partial charge on any atom is 0.410 e. The third-order valence-corrected chi connectivity index (χ3v) is 13.8. The van der Waals surface area contributed by atoms with E-state index < -0.39 is 17.6 Å². The minimum atomic E-state index is -0.619. The number of fused-ring (bicyclic) bond motifs is 4. The van der Waals surface area contributed by atoms with Crippen LogP contribution in [0.1, 0.15) is 103 Å². The van der Waals surface area contributed by atoms with Gasteiger partial charge < -0.3 is 34.1 Å². The largest absolute Gasteiger partial charge is 0.444 e. The highest BCUT2D eigenvalue weighted by molar-refractivity contribution is 6.40. The molecule has 0 unspecified atom stereocenters. The number of hydrogen-bond acceptors (Lipinski definition) is 8. The Hall–Kier alpha value is -4.43. The van der Waals surface area contributed by atoms with Gasteiger partial charge in [-0.2, -0.15) is 0 Å². The molecular weight excluding hydrogens is 791 g/mol. The zero-order valence-corrected chi connectivity index (χ0v) is 36.4. The molecule has 0 spiro atoms. The molecule has 3 amide bonds. The lowest BCUT2D eigenvalue weighted by atomic mass is 9.80. The molecule has 2 aromatic carbocycles. The Labute approximate surface area is 355 Å². The van der Waals surface area contributed by atoms with Crippen molar-refractivity contribution in [1.29, 1.82) is 0 Å². The summed E-state index contributed by atoms with van der Waals surface area (Å²) in [5.41, 5.74) is 5.72. The molecule has 4 aliphatic rings. The van der Waals surface area contributed by atoms with Gasteiger partial charge in [0.05, 0.1) is 46.0 Å². The Kier molecular flexibility index (Phi) is 11.1. The van der Waals surface area contributed by atoms with E-state index in [1.807, 2.05) is 51.6 Å². The maximum atomic E-state index is 13.8. The fraction of sp³-hybridized carbons (Fsp3) is 0.523. The van der Waals surface area contributed by atoms with Crippen LogP contribution in [0.5, 0.6) is 0 Å². The van der Waals surface area contributed by atoms with Crippen LogP contribution in [-0.4, -0.2) is 85.8 Å². The van der Waals surface area contributed by atoms with Gasteiger partial charge in [-0.1, -0.05) is 47.5 Å². The highest BCUT2D eigenvalue weighted by Gasteiger charge is 2.53.